The molecular weight excluding hydrogens is 242 g/mol. The second kappa shape index (κ2) is 6.45. The lowest BCUT2D eigenvalue weighted by molar-refractivity contribution is -0.143. The summed E-state index contributed by atoms with van der Waals surface area (Å²) < 4.78 is 10.5. The molecule has 0 aliphatic carbocycles. The van der Waals surface area contributed by atoms with Crippen molar-refractivity contribution < 1.29 is 14.3 Å². The molecule has 0 aromatic heterocycles. The summed E-state index contributed by atoms with van der Waals surface area (Å²) in [5, 5.41) is 3.37. The first-order chi connectivity index (χ1) is 9.24. The molecule has 0 spiro atoms. The number of ether oxygens (including phenoxy) is 2. The van der Waals surface area contributed by atoms with E-state index in [2.05, 4.69) is 11.4 Å². The van der Waals surface area contributed by atoms with Gasteiger partial charge in [0.1, 0.15) is 5.75 Å². The molecule has 0 saturated heterocycles. The van der Waals surface area contributed by atoms with E-state index < -0.39 is 0 Å². The fourth-order valence-electron chi connectivity index (χ4n) is 2.42. The summed E-state index contributed by atoms with van der Waals surface area (Å²) in [4.78, 5) is 11.4. The Morgan fingerprint density at radius 1 is 1.37 bits per heavy atom. The fourth-order valence-corrected chi connectivity index (χ4v) is 2.42. The normalized spacial score (nSPS) is 16.6. The van der Waals surface area contributed by atoms with Gasteiger partial charge in [0, 0.05) is 24.6 Å². The van der Waals surface area contributed by atoms with Crippen LogP contribution in [0.25, 0.3) is 0 Å². The van der Waals surface area contributed by atoms with Crippen molar-refractivity contribution in [3.63, 3.8) is 0 Å². The molecule has 1 atom stereocenters. The molecule has 4 heteroatoms. The fraction of sp³-hybridized carbons (Fsp3) is 0.533. The summed E-state index contributed by atoms with van der Waals surface area (Å²) >= 11 is 0. The second-order valence-corrected chi connectivity index (χ2v) is 4.60. The molecule has 2 rings (SSSR count). The molecule has 0 unspecified atom stereocenters. The summed E-state index contributed by atoms with van der Waals surface area (Å²) in [6.45, 7) is 5.80. The Hall–Kier alpha value is -1.71. The Kier molecular flexibility index (Phi) is 4.66. The molecule has 1 heterocycles. The van der Waals surface area contributed by atoms with E-state index in [-0.39, 0.29) is 5.97 Å². The van der Waals surface area contributed by atoms with Gasteiger partial charge in [0.05, 0.1) is 13.2 Å². The van der Waals surface area contributed by atoms with Crippen LogP contribution in [0.15, 0.2) is 18.2 Å². The van der Waals surface area contributed by atoms with Gasteiger partial charge in [-0.3, -0.25) is 4.79 Å². The third-order valence-corrected chi connectivity index (χ3v) is 3.32. The molecule has 1 N–H and O–H groups in total. The Bertz CT molecular complexity index is 445. The zero-order valence-corrected chi connectivity index (χ0v) is 11.6. The molecule has 1 aliphatic heterocycles. The molecule has 0 saturated carbocycles. The van der Waals surface area contributed by atoms with Crippen molar-refractivity contribution in [2.24, 2.45) is 0 Å². The van der Waals surface area contributed by atoms with Gasteiger partial charge in [-0.1, -0.05) is 0 Å². The lowest BCUT2D eigenvalue weighted by Gasteiger charge is -2.11. The molecule has 1 aromatic rings. The van der Waals surface area contributed by atoms with Gasteiger partial charge in [0.2, 0.25) is 0 Å². The standard InChI is InChI=1S/C15H21NO3/c1-3-18-12-6-7-14-13(9-12)11(10-16-14)5-8-15(17)19-4-2/h6-7,9,11,16H,3-5,8,10H2,1-2H3/t11-/m1/s1. The summed E-state index contributed by atoms with van der Waals surface area (Å²) in [6.07, 6.45) is 1.28. The first kappa shape index (κ1) is 13.7. The summed E-state index contributed by atoms with van der Waals surface area (Å²) in [5.74, 6) is 1.14. The number of anilines is 1. The van der Waals surface area contributed by atoms with Crippen LogP contribution in [0.2, 0.25) is 0 Å². The summed E-state index contributed by atoms with van der Waals surface area (Å²) in [5.41, 5.74) is 2.40. The predicted molar refractivity (Wildman–Crippen MR) is 74.7 cm³/mol. The van der Waals surface area contributed by atoms with E-state index in [1.807, 2.05) is 26.0 Å². The first-order valence-electron chi connectivity index (χ1n) is 6.90. The van der Waals surface area contributed by atoms with Gasteiger partial charge in [-0.2, -0.15) is 0 Å². The number of fused-ring (bicyclic) bond motifs is 1. The molecule has 4 nitrogen and oxygen atoms in total. The highest BCUT2D eigenvalue weighted by molar-refractivity contribution is 5.69. The van der Waals surface area contributed by atoms with Gasteiger partial charge in [-0.05, 0) is 44.0 Å². The zero-order valence-electron chi connectivity index (χ0n) is 11.6. The molecule has 1 aliphatic rings. The van der Waals surface area contributed by atoms with Crippen LogP contribution in [0.5, 0.6) is 5.75 Å². The van der Waals surface area contributed by atoms with Crippen LogP contribution in [-0.2, 0) is 9.53 Å². The Morgan fingerprint density at radius 3 is 2.95 bits per heavy atom. The van der Waals surface area contributed by atoms with Crippen molar-refractivity contribution in [2.75, 3.05) is 25.1 Å². The predicted octanol–water partition coefficient (Wildman–Crippen LogP) is 2.94. The van der Waals surface area contributed by atoms with E-state index in [1.54, 1.807) is 0 Å². The maximum absolute atomic E-state index is 11.4. The van der Waals surface area contributed by atoms with Crippen LogP contribution in [0.1, 0.15) is 38.2 Å². The minimum atomic E-state index is -0.114. The number of carbonyl (C=O) groups is 1. The van der Waals surface area contributed by atoms with Crippen LogP contribution in [0, 0.1) is 0 Å². The van der Waals surface area contributed by atoms with Gasteiger partial charge in [-0.15, -0.1) is 0 Å². The summed E-state index contributed by atoms with van der Waals surface area (Å²) in [7, 11) is 0. The van der Waals surface area contributed by atoms with Crippen molar-refractivity contribution in [1.82, 2.24) is 0 Å². The Balaban J connectivity index is 1.99. The van der Waals surface area contributed by atoms with Gasteiger partial charge < -0.3 is 14.8 Å². The van der Waals surface area contributed by atoms with E-state index in [1.165, 1.54) is 5.56 Å². The smallest absolute Gasteiger partial charge is 0.305 e. The molecule has 104 valence electrons. The summed E-state index contributed by atoms with van der Waals surface area (Å²) in [6, 6.07) is 6.10. The van der Waals surface area contributed by atoms with E-state index in [0.29, 0.717) is 25.6 Å². The first-order valence-corrected chi connectivity index (χ1v) is 6.90. The number of hydrogen-bond acceptors (Lipinski definition) is 4. The van der Waals surface area contributed by atoms with Gasteiger partial charge in [0.25, 0.3) is 0 Å². The minimum absolute atomic E-state index is 0.114. The number of benzene rings is 1. The van der Waals surface area contributed by atoms with Crippen molar-refractivity contribution in [2.45, 2.75) is 32.6 Å². The number of rotatable bonds is 6. The lowest BCUT2D eigenvalue weighted by Crippen LogP contribution is -2.08. The Morgan fingerprint density at radius 2 is 2.21 bits per heavy atom. The molecule has 0 amide bonds. The van der Waals surface area contributed by atoms with Crippen molar-refractivity contribution in [1.29, 1.82) is 0 Å². The van der Waals surface area contributed by atoms with E-state index in [4.69, 9.17) is 9.47 Å². The van der Waals surface area contributed by atoms with Gasteiger partial charge >= 0.3 is 5.97 Å². The van der Waals surface area contributed by atoms with Crippen LogP contribution >= 0.6 is 0 Å². The molecule has 0 radical (unpaired) electrons. The van der Waals surface area contributed by atoms with Gasteiger partial charge in [0.15, 0.2) is 0 Å². The van der Waals surface area contributed by atoms with Crippen LogP contribution in [0.4, 0.5) is 5.69 Å². The lowest BCUT2D eigenvalue weighted by atomic mass is 9.96. The highest BCUT2D eigenvalue weighted by Crippen LogP contribution is 2.36. The van der Waals surface area contributed by atoms with Crippen LogP contribution < -0.4 is 10.1 Å². The molecule has 1 aromatic carbocycles. The third kappa shape index (κ3) is 3.40. The molecule has 0 bridgehead atoms. The number of nitrogens with one attached hydrogen (secondary N) is 1. The van der Waals surface area contributed by atoms with E-state index in [9.17, 15) is 4.79 Å². The van der Waals surface area contributed by atoms with Crippen molar-refractivity contribution in [3.8, 4) is 5.75 Å². The highest BCUT2D eigenvalue weighted by Gasteiger charge is 2.23. The molecule has 0 fully saturated rings. The van der Waals surface area contributed by atoms with E-state index >= 15 is 0 Å². The third-order valence-electron chi connectivity index (χ3n) is 3.32. The number of esters is 1. The van der Waals surface area contributed by atoms with Crippen LogP contribution in [-0.4, -0.2) is 25.7 Å². The number of hydrogen-bond donors (Lipinski definition) is 1. The molecule has 19 heavy (non-hydrogen) atoms. The van der Waals surface area contributed by atoms with Crippen molar-refractivity contribution in [3.05, 3.63) is 23.8 Å². The zero-order chi connectivity index (χ0) is 13.7. The highest BCUT2D eigenvalue weighted by atomic mass is 16.5. The van der Waals surface area contributed by atoms with Gasteiger partial charge in [-0.25, -0.2) is 0 Å². The van der Waals surface area contributed by atoms with E-state index in [0.717, 1.165) is 24.4 Å². The maximum atomic E-state index is 11.4. The topological polar surface area (TPSA) is 47.6 Å². The number of carbonyl (C=O) groups excluding carboxylic acids is 1. The van der Waals surface area contributed by atoms with Crippen molar-refractivity contribution >= 4 is 11.7 Å². The maximum Gasteiger partial charge on any atom is 0.305 e. The largest absolute Gasteiger partial charge is 0.494 e. The average molecular weight is 263 g/mol. The Labute approximate surface area is 114 Å². The second-order valence-electron chi connectivity index (χ2n) is 4.60. The monoisotopic (exact) mass is 263 g/mol. The van der Waals surface area contributed by atoms with Crippen LogP contribution in [0.3, 0.4) is 0 Å². The minimum Gasteiger partial charge on any atom is -0.494 e. The SMILES string of the molecule is CCOC(=O)CC[C@@H]1CNc2ccc(OCC)cc21. The average Bonchev–Trinajstić information content (AvgIpc) is 2.80. The molecular formula is C15H21NO3. The quantitative estimate of drug-likeness (QED) is 0.802.